The predicted octanol–water partition coefficient (Wildman–Crippen LogP) is 2.00. The number of piperazine rings is 1. The average molecular weight is 428 g/mol. The molecule has 166 valence electrons. The summed E-state index contributed by atoms with van der Waals surface area (Å²) in [6.07, 6.45) is 5.25. The van der Waals surface area contributed by atoms with Gasteiger partial charge in [-0.1, -0.05) is 0 Å². The summed E-state index contributed by atoms with van der Waals surface area (Å²) >= 11 is 0. The largest absolute Gasteiger partial charge is 0.369 e. The van der Waals surface area contributed by atoms with Gasteiger partial charge in [0.2, 0.25) is 5.95 Å². The second-order valence-corrected chi connectivity index (χ2v) is 8.07. The lowest BCUT2D eigenvalue weighted by Crippen LogP contribution is -2.46. The lowest BCUT2D eigenvalue weighted by molar-refractivity contribution is -0.108. The van der Waals surface area contributed by atoms with E-state index in [1.807, 2.05) is 17.0 Å². The number of aromatic nitrogens is 2. The molecule has 0 spiro atoms. The fourth-order valence-corrected chi connectivity index (χ4v) is 4.32. The molecule has 0 radical (unpaired) electrons. The first-order valence-corrected chi connectivity index (χ1v) is 10.9. The van der Waals surface area contributed by atoms with Gasteiger partial charge in [0.05, 0.1) is 12.7 Å². The summed E-state index contributed by atoms with van der Waals surface area (Å²) in [6, 6.07) is 8.16. The fraction of sp³-hybridized carbons (Fsp3) is 0.500. The molecule has 1 unspecified atom stereocenters. The van der Waals surface area contributed by atoms with Gasteiger partial charge in [0.25, 0.3) is 0 Å². The normalized spacial score (nSPS) is 20.0. The van der Waals surface area contributed by atoms with Gasteiger partial charge in [0.1, 0.15) is 6.29 Å². The Morgan fingerprint density at radius 3 is 2.61 bits per heavy atom. The van der Waals surface area contributed by atoms with Crippen molar-refractivity contribution in [3.8, 4) is 0 Å². The minimum absolute atomic E-state index is 0.109. The first-order chi connectivity index (χ1) is 15.2. The zero-order valence-corrected chi connectivity index (χ0v) is 17.7. The summed E-state index contributed by atoms with van der Waals surface area (Å²) < 4.78 is 14.5. The summed E-state index contributed by atoms with van der Waals surface area (Å²) in [6.45, 7) is 5.28. The molecule has 1 atom stereocenters. The Hall–Kier alpha value is -2.78. The van der Waals surface area contributed by atoms with E-state index in [1.165, 1.54) is 6.20 Å². The van der Waals surface area contributed by atoms with Crippen LogP contribution in [0, 0.1) is 5.82 Å². The molecule has 2 fully saturated rings. The number of rotatable bonds is 7. The van der Waals surface area contributed by atoms with Crippen molar-refractivity contribution in [2.45, 2.75) is 25.3 Å². The maximum absolute atomic E-state index is 14.5. The van der Waals surface area contributed by atoms with Crippen molar-refractivity contribution >= 4 is 29.4 Å². The lowest BCUT2D eigenvalue weighted by atomic mass is 10.0. The Bertz CT molecular complexity index is 871. The number of nitrogens with two attached hydrogens (primary N) is 1. The topological polar surface area (TPSA) is 90.6 Å². The van der Waals surface area contributed by atoms with Crippen LogP contribution in [0.15, 0.2) is 30.5 Å². The van der Waals surface area contributed by atoms with E-state index in [1.54, 1.807) is 0 Å². The van der Waals surface area contributed by atoms with Gasteiger partial charge in [-0.05, 0) is 43.5 Å². The molecule has 8 nitrogen and oxygen atoms in total. The van der Waals surface area contributed by atoms with Crippen molar-refractivity contribution in [3.05, 3.63) is 36.3 Å². The molecule has 4 rings (SSSR count). The van der Waals surface area contributed by atoms with E-state index < -0.39 is 5.82 Å². The molecule has 1 aromatic carbocycles. The smallest absolute Gasteiger partial charge is 0.229 e. The van der Waals surface area contributed by atoms with Gasteiger partial charge in [0.15, 0.2) is 11.6 Å². The van der Waals surface area contributed by atoms with Crippen molar-refractivity contribution in [2.75, 3.05) is 60.9 Å². The molecular weight excluding hydrogens is 397 g/mol. The fourth-order valence-electron chi connectivity index (χ4n) is 4.32. The molecule has 2 saturated heterocycles. The molecule has 2 aliphatic rings. The molecule has 0 bridgehead atoms. The van der Waals surface area contributed by atoms with Gasteiger partial charge >= 0.3 is 0 Å². The van der Waals surface area contributed by atoms with Crippen LogP contribution in [0.1, 0.15) is 19.3 Å². The third-order valence-electron chi connectivity index (χ3n) is 6.09. The third kappa shape index (κ3) is 5.11. The van der Waals surface area contributed by atoms with Crippen molar-refractivity contribution < 1.29 is 9.18 Å². The molecule has 0 saturated carbocycles. The number of carbonyl (C=O) groups excluding carboxylic acids is 1. The second-order valence-electron chi connectivity index (χ2n) is 8.07. The maximum Gasteiger partial charge on any atom is 0.229 e. The highest BCUT2D eigenvalue weighted by Crippen LogP contribution is 2.27. The van der Waals surface area contributed by atoms with Gasteiger partial charge in [-0.15, -0.1) is 0 Å². The van der Waals surface area contributed by atoms with Crippen LogP contribution < -0.4 is 20.9 Å². The Morgan fingerprint density at radius 2 is 1.90 bits per heavy atom. The molecule has 0 aliphatic carbocycles. The van der Waals surface area contributed by atoms with Gasteiger partial charge in [-0.2, -0.15) is 4.98 Å². The van der Waals surface area contributed by atoms with Crippen molar-refractivity contribution in [2.24, 2.45) is 5.73 Å². The second kappa shape index (κ2) is 10.0. The van der Waals surface area contributed by atoms with E-state index >= 15 is 0 Å². The summed E-state index contributed by atoms with van der Waals surface area (Å²) in [5.41, 5.74) is 7.87. The van der Waals surface area contributed by atoms with Gasteiger partial charge in [-0.3, -0.25) is 4.90 Å². The molecule has 3 heterocycles. The quantitative estimate of drug-likeness (QED) is 0.649. The van der Waals surface area contributed by atoms with Crippen LogP contribution in [0.4, 0.5) is 27.5 Å². The van der Waals surface area contributed by atoms with Crippen molar-refractivity contribution in [1.29, 1.82) is 0 Å². The minimum Gasteiger partial charge on any atom is -0.369 e. The molecule has 1 aromatic heterocycles. The highest BCUT2D eigenvalue weighted by Gasteiger charge is 2.25. The first-order valence-electron chi connectivity index (χ1n) is 10.9. The summed E-state index contributed by atoms with van der Waals surface area (Å²) in [4.78, 5) is 25.7. The zero-order valence-electron chi connectivity index (χ0n) is 17.7. The standard InChI is InChI=1S/C22H30FN7O/c23-20-16-25-22(27-21(20)30-8-2-1-3-19(30)15-24)26-17-4-6-18(7-5-17)29-11-9-28(10-12-29)13-14-31/h4-7,14,16,19H,1-3,8-13,15,24H2,(H,25,26,27). The number of nitrogens with zero attached hydrogens (tertiary/aromatic N) is 5. The van der Waals surface area contributed by atoms with E-state index in [0.717, 1.165) is 69.6 Å². The van der Waals surface area contributed by atoms with Gasteiger partial charge < -0.3 is 25.6 Å². The number of piperidine rings is 1. The monoisotopic (exact) mass is 427 g/mol. The number of anilines is 4. The van der Waals surface area contributed by atoms with Crippen LogP contribution in [0.2, 0.25) is 0 Å². The highest BCUT2D eigenvalue weighted by atomic mass is 19.1. The average Bonchev–Trinajstić information content (AvgIpc) is 2.81. The van der Waals surface area contributed by atoms with Crippen LogP contribution in [-0.4, -0.2) is 73.0 Å². The number of hydrogen-bond donors (Lipinski definition) is 2. The maximum atomic E-state index is 14.5. The van der Waals surface area contributed by atoms with E-state index in [-0.39, 0.29) is 6.04 Å². The first kappa shape index (κ1) is 21.5. The molecule has 3 N–H and O–H groups in total. The zero-order chi connectivity index (χ0) is 21.6. The van der Waals surface area contributed by atoms with Crippen LogP contribution >= 0.6 is 0 Å². The molecule has 2 aliphatic heterocycles. The number of hydrogen-bond acceptors (Lipinski definition) is 8. The van der Waals surface area contributed by atoms with Gasteiger partial charge in [-0.25, -0.2) is 9.37 Å². The molecular formula is C22H30FN7O. The van der Waals surface area contributed by atoms with Crippen molar-refractivity contribution in [1.82, 2.24) is 14.9 Å². The van der Waals surface area contributed by atoms with E-state index in [2.05, 4.69) is 37.2 Å². The van der Waals surface area contributed by atoms with Crippen LogP contribution in [0.3, 0.4) is 0 Å². The van der Waals surface area contributed by atoms with Crippen LogP contribution in [0.25, 0.3) is 0 Å². The molecule has 31 heavy (non-hydrogen) atoms. The number of nitrogens with one attached hydrogen (secondary N) is 1. The number of aldehydes is 1. The minimum atomic E-state index is -0.421. The Kier molecular flexibility index (Phi) is 6.93. The molecule has 2 aromatic rings. The van der Waals surface area contributed by atoms with Crippen molar-refractivity contribution in [3.63, 3.8) is 0 Å². The SMILES string of the molecule is NCC1CCCCN1c1nc(Nc2ccc(N3CCN(CC=O)CC3)cc2)ncc1F. The summed E-state index contributed by atoms with van der Waals surface area (Å²) in [5, 5.41) is 3.18. The van der Waals surface area contributed by atoms with Gasteiger partial charge in [0, 0.05) is 56.7 Å². The Labute approximate surface area is 182 Å². The van der Waals surface area contributed by atoms with Crippen LogP contribution in [-0.2, 0) is 4.79 Å². The van der Waals surface area contributed by atoms with E-state index in [0.29, 0.717) is 24.9 Å². The molecule has 9 heteroatoms. The third-order valence-corrected chi connectivity index (χ3v) is 6.09. The summed E-state index contributed by atoms with van der Waals surface area (Å²) in [5.74, 6) is 0.264. The number of halogens is 1. The Balaban J connectivity index is 1.42. The Morgan fingerprint density at radius 1 is 1.13 bits per heavy atom. The predicted molar refractivity (Wildman–Crippen MR) is 120 cm³/mol. The highest BCUT2D eigenvalue weighted by molar-refractivity contribution is 5.60. The molecule has 0 amide bonds. The van der Waals surface area contributed by atoms with Crippen LogP contribution in [0.5, 0.6) is 0 Å². The van der Waals surface area contributed by atoms with E-state index in [9.17, 15) is 9.18 Å². The number of carbonyl (C=O) groups is 1. The summed E-state index contributed by atoms with van der Waals surface area (Å²) in [7, 11) is 0. The number of benzene rings is 1. The van der Waals surface area contributed by atoms with E-state index in [4.69, 9.17) is 5.73 Å². The lowest BCUT2D eigenvalue weighted by Gasteiger charge is -2.36.